The molecule has 0 N–H and O–H groups in total. The zero-order valence-corrected chi connectivity index (χ0v) is 14.5. The van der Waals surface area contributed by atoms with Crippen LogP contribution in [0.4, 0.5) is 0 Å². The Hall–Kier alpha value is -3.34. The van der Waals surface area contributed by atoms with Crippen molar-refractivity contribution in [3.63, 3.8) is 0 Å². The zero-order chi connectivity index (χ0) is 17.9. The van der Waals surface area contributed by atoms with E-state index in [9.17, 15) is 4.79 Å². The van der Waals surface area contributed by atoms with Gasteiger partial charge in [-0.1, -0.05) is 36.4 Å². The maximum Gasteiger partial charge on any atom is 0.253 e. The zero-order valence-electron chi connectivity index (χ0n) is 14.5. The number of hydrogen-bond acceptors (Lipinski definition) is 3. The van der Waals surface area contributed by atoms with Crippen LogP contribution in [0.1, 0.15) is 11.1 Å². The lowest BCUT2D eigenvalue weighted by atomic mass is 10.1. The Kier molecular flexibility index (Phi) is 4.27. The van der Waals surface area contributed by atoms with Gasteiger partial charge >= 0.3 is 0 Å². The van der Waals surface area contributed by atoms with Crippen molar-refractivity contribution in [3.8, 4) is 11.4 Å². The van der Waals surface area contributed by atoms with E-state index in [0.29, 0.717) is 18.7 Å². The van der Waals surface area contributed by atoms with Crippen LogP contribution in [-0.2, 0) is 11.3 Å². The van der Waals surface area contributed by atoms with Crippen LogP contribution in [0.3, 0.4) is 0 Å². The van der Waals surface area contributed by atoms with Crippen LogP contribution in [0.5, 0.6) is 5.75 Å². The molecule has 3 aromatic rings. The van der Waals surface area contributed by atoms with Gasteiger partial charge in [-0.15, -0.1) is 0 Å². The summed E-state index contributed by atoms with van der Waals surface area (Å²) in [5, 5.41) is 4.38. The number of benzene rings is 2. The molecule has 0 radical (unpaired) electrons. The van der Waals surface area contributed by atoms with Crippen LogP contribution in [0.2, 0.25) is 0 Å². The Balaban J connectivity index is 1.47. The molecular weight excluding hydrogens is 326 g/mol. The van der Waals surface area contributed by atoms with E-state index in [-0.39, 0.29) is 5.91 Å². The number of rotatable bonds is 4. The lowest BCUT2D eigenvalue weighted by Gasteiger charge is -2.22. The van der Waals surface area contributed by atoms with Crippen LogP contribution in [0.25, 0.3) is 11.8 Å². The Bertz CT molecular complexity index is 960. The predicted octanol–water partition coefficient (Wildman–Crippen LogP) is 3.31. The highest BCUT2D eigenvalue weighted by atomic mass is 16.5. The second-order valence-corrected chi connectivity index (χ2v) is 6.29. The van der Waals surface area contributed by atoms with E-state index in [4.69, 9.17) is 4.74 Å². The van der Waals surface area contributed by atoms with Gasteiger partial charge in [0.1, 0.15) is 12.4 Å². The summed E-state index contributed by atoms with van der Waals surface area (Å²) in [6.07, 6.45) is 5.64. The molecule has 4 rings (SSSR count). The molecule has 0 saturated carbocycles. The number of nitrogens with zero attached hydrogens (tertiary/aromatic N) is 3. The third kappa shape index (κ3) is 3.24. The molecule has 0 aliphatic carbocycles. The van der Waals surface area contributed by atoms with Crippen LogP contribution < -0.4 is 4.74 Å². The largest absolute Gasteiger partial charge is 0.488 e. The van der Waals surface area contributed by atoms with Crippen molar-refractivity contribution >= 4 is 12.0 Å². The molecule has 1 amide bonds. The van der Waals surface area contributed by atoms with Crippen molar-refractivity contribution in [2.24, 2.45) is 0 Å². The van der Waals surface area contributed by atoms with E-state index < -0.39 is 0 Å². The molecule has 2 heterocycles. The monoisotopic (exact) mass is 345 g/mol. The van der Waals surface area contributed by atoms with Crippen LogP contribution in [-0.4, -0.2) is 34.2 Å². The van der Waals surface area contributed by atoms with Crippen molar-refractivity contribution < 1.29 is 9.53 Å². The van der Waals surface area contributed by atoms with Gasteiger partial charge in [0.2, 0.25) is 0 Å². The summed E-state index contributed by atoms with van der Waals surface area (Å²) in [6.45, 7) is 0.786. The molecule has 5 nitrogen and oxygen atoms in total. The highest BCUT2D eigenvalue weighted by molar-refractivity contribution is 5.99. The Labute approximate surface area is 152 Å². The Morgan fingerprint density at radius 2 is 1.92 bits per heavy atom. The highest BCUT2D eigenvalue weighted by Gasteiger charge is 2.20. The quantitative estimate of drug-likeness (QED) is 0.729. The fraction of sp³-hybridized carbons (Fsp3) is 0.143. The summed E-state index contributed by atoms with van der Waals surface area (Å²) < 4.78 is 7.50. The van der Waals surface area contributed by atoms with Gasteiger partial charge in [0.15, 0.2) is 0 Å². The van der Waals surface area contributed by atoms with E-state index in [2.05, 4.69) is 5.10 Å². The maximum absolute atomic E-state index is 12.7. The molecule has 0 atom stereocenters. The maximum atomic E-state index is 12.7. The number of fused-ring (bicyclic) bond motifs is 1. The number of likely N-dealkylation sites (N-methyl/N-ethyl adjacent to an activating group) is 1. The first kappa shape index (κ1) is 16.1. The van der Waals surface area contributed by atoms with Crippen molar-refractivity contribution in [1.82, 2.24) is 14.7 Å². The minimum absolute atomic E-state index is 0.0352. The van der Waals surface area contributed by atoms with Gasteiger partial charge in [0.25, 0.3) is 5.91 Å². The molecular formula is C21H19N3O2. The molecule has 130 valence electrons. The first-order valence-electron chi connectivity index (χ1n) is 8.47. The number of ether oxygens (including phenoxy) is 1. The standard InChI is InChI=1S/C21H19N3O2/c1-23(13-16-12-22-24(14-16)19-8-3-2-4-9-19)21(25)18-11-17-7-5-6-10-20(17)26-15-18/h2-12,14H,13,15H2,1H3. The van der Waals surface area contributed by atoms with Gasteiger partial charge in [0.05, 0.1) is 17.5 Å². The summed E-state index contributed by atoms with van der Waals surface area (Å²) in [7, 11) is 1.80. The second-order valence-electron chi connectivity index (χ2n) is 6.29. The number of amides is 1. The van der Waals surface area contributed by atoms with Crippen LogP contribution in [0.15, 0.2) is 72.6 Å². The molecule has 0 spiro atoms. The first-order valence-corrected chi connectivity index (χ1v) is 8.47. The molecule has 5 heteroatoms. The number of para-hydroxylation sites is 2. The van der Waals surface area contributed by atoms with E-state index in [1.165, 1.54) is 0 Å². The van der Waals surface area contributed by atoms with Crippen LogP contribution >= 0.6 is 0 Å². The molecule has 26 heavy (non-hydrogen) atoms. The molecule has 2 aromatic carbocycles. The average Bonchev–Trinajstić information content (AvgIpc) is 3.16. The molecule has 1 aliphatic heterocycles. The summed E-state index contributed by atoms with van der Waals surface area (Å²) in [6, 6.07) is 17.6. The summed E-state index contributed by atoms with van der Waals surface area (Å²) >= 11 is 0. The third-order valence-electron chi connectivity index (χ3n) is 4.33. The lowest BCUT2D eigenvalue weighted by molar-refractivity contribution is -0.126. The van der Waals surface area contributed by atoms with Gasteiger partial charge in [-0.05, 0) is 24.3 Å². The van der Waals surface area contributed by atoms with E-state index in [1.807, 2.05) is 71.6 Å². The topological polar surface area (TPSA) is 47.4 Å². The molecule has 0 fully saturated rings. The first-order chi connectivity index (χ1) is 12.7. The van der Waals surface area contributed by atoms with E-state index >= 15 is 0 Å². The van der Waals surface area contributed by atoms with Gasteiger partial charge in [-0.3, -0.25) is 4.79 Å². The minimum atomic E-state index is -0.0352. The third-order valence-corrected chi connectivity index (χ3v) is 4.33. The molecule has 0 saturated heterocycles. The lowest BCUT2D eigenvalue weighted by Crippen LogP contribution is -2.30. The summed E-state index contributed by atoms with van der Waals surface area (Å²) in [5.41, 5.74) is 3.56. The smallest absolute Gasteiger partial charge is 0.253 e. The number of carbonyl (C=O) groups excluding carboxylic acids is 1. The van der Waals surface area contributed by atoms with Crippen molar-refractivity contribution in [1.29, 1.82) is 0 Å². The Morgan fingerprint density at radius 3 is 2.77 bits per heavy atom. The highest BCUT2D eigenvalue weighted by Crippen LogP contribution is 2.26. The summed E-state index contributed by atoms with van der Waals surface area (Å²) in [4.78, 5) is 14.4. The van der Waals surface area contributed by atoms with E-state index in [0.717, 1.165) is 22.6 Å². The minimum Gasteiger partial charge on any atom is -0.488 e. The van der Waals surface area contributed by atoms with Crippen molar-refractivity contribution in [2.75, 3.05) is 13.7 Å². The van der Waals surface area contributed by atoms with Gasteiger partial charge in [-0.2, -0.15) is 5.10 Å². The van der Waals surface area contributed by atoms with Crippen molar-refractivity contribution in [2.45, 2.75) is 6.54 Å². The SMILES string of the molecule is CN(Cc1cnn(-c2ccccc2)c1)C(=O)C1=Cc2ccccc2OC1. The fourth-order valence-electron chi connectivity index (χ4n) is 2.99. The molecule has 0 bridgehead atoms. The normalized spacial score (nSPS) is 12.7. The van der Waals surface area contributed by atoms with E-state index in [1.54, 1.807) is 18.1 Å². The predicted molar refractivity (Wildman–Crippen MR) is 100.0 cm³/mol. The number of aromatic nitrogens is 2. The average molecular weight is 345 g/mol. The molecule has 1 aromatic heterocycles. The number of carbonyl (C=O) groups is 1. The molecule has 1 aliphatic rings. The van der Waals surface area contributed by atoms with Gasteiger partial charge < -0.3 is 9.64 Å². The summed E-state index contributed by atoms with van der Waals surface area (Å²) in [5.74, 6) is 0.780. The van der Waals surface area contributed by atoms with Gasteiger partial charge in [-0.25, -0.2) is 4.68 Å². The Morgan fingerprint density at radius 1 is 1.15 bits per heavy atom. The fourth-order valence-corrected chi connectivity index (χ4v) is 2.99. The van der Waals surface area contributed by atoms with Crippen molar-refractivity contribution in [3.05, 3.63) is 83.7 Å². The molecule has 0 unspecified atom stereocenters. The second kappa shape index (κ2) is 6.88. The number of hydrogen-bond donors (Lipinski definition) is 0. The van der Waals surface area contributed by atoms with Crippen LogP contribution in [0, 0.1) is 0 Å². The van der Waals surface area contributed by atoms with Gasteiger partial charge in [0, 0.05) is 30.9 Å².